The summed E-state index contributed by atoms with van der Waals surface area (Å²) >= 11 is 0. The number of nitrogens with zero attached hydrogens (tertiary/aromatic N) is 1. The summed E-state index contributed by atoms with van der Waals surface area (Å²) in [6.45, 7) is 9.18. The van der Waals surface area contributed by atoms with Gasteiger partial charge in [0, 0.05) is 18.9 Å². The second-order valence-corrected chi connectivity index (χ2v) is 7.24. The summed E-state index contributed by atoms with van der Waals surface area (Å²) in [7, 11) is 0. The summed E-state index contributed by atoms with van der Waals surface area (Å²) in [6, 6.07) is 12.2. The van der Waals surface area contributed by atoms with Crippen molar-refractivity contribution in [3.05, 3.63) is 65.5 Å². The molecule has 0 fully saturated rings. The number of urea groups is 1. The van der Waals surface area contributed by atoms with Crippen LogP contribution in [0.4, 0.5) is 4.79 Å². The van der Waals surface area contributed by atoms with Crippen LogP contribution < -0.4 is 10.6 Å². The first-order valence-corrected chi connectivity index (χ1v) is 8.97. The number of benzene rings is 1. The molecule has 25 heavy (non-hydrogen) atoms. The molecule has 0 aliphatic carbocycles. The van der Waals surface area contributed by atoms with Gasteiger partial charge in [-0.3, -0.25) is 4.98 Å². The molecule has 1 heterocycles. The lowest BCUT2D eigenvalue weighted by atomic mass is 9.94. The highest BCUT2D eigenvalue weighted by Crippen LogP contribution is 2.22. The first-order valence-electron chi connectivity index (χ1n) is 8.97. The Bertz CT molecular complexity index is 651. The Labute approximate surface area is 151 Å². The average Bonchev–Trinajstić information content (AvgIpc) is 2.59. The minimum absolute atomic E-state index is 0.00876. The van der Waals surface area contributed by atoms with E-state index in [4.69, 9.17) is 0 Å². The summed E-state index contributed by atoms with van der Waals surface area (Å²) in [6.07, 6.45) is 4.53. The van der Waals surface area contributed by atoms with E-state index in [1.54, 1.807) is 12.4 Å². The van der Waals surface area contributed by atoms with E-state index in [9.17, 15) is 4.79 Å². The highest BCUT2D eigenvalue weighted by atomic mass is 16.2. The molecule has 2 N–H and O–H groups in total. The molecule has 0 aliphatic rings. The van der Waals surface area contributed by atoms with Gasteiger partial charge in [-0.05, 0) is 47.1 Å². The van der Waals surface area contributed by atoms with Crippen LogP contribution in [0.3, 0.4) is 0 Å². The van der Waals surface area contributed by atoms with Crippen LogP contribution in [0, 0.1) is 11.8 Å². The molecule has 0 unspecified atom stereocenters. The molecule has 0 spiro atoms. The molecule has 134 valence electrons. The quantitative estimate of drug-likeness (QED) is 0.781. The zero-order valence-electron chi connectivity index (χ0n) is 15.6. The molecule has 0 bridgehead atoms. The van der Waals surface area contributed by atoms with Gasteiger partial charge in [-0.2, -0.15) is 0 Å². The fraction of sp³-hybridized carbons (Fsp3) is 0.429. The van der Waals surface area contributed by atoms with Crippen molar-refractivity contribution in [3.63, 3.8) is 0 Å². The Balaban J connectivity index is 1.96. The largest absolute Gasteiger partial charge is 0.334 e. The number of rotatable bonds is 7. The Morgan fingerprint density at radius 1 is 0.960 bits per heavy atom. The smallest absolute Gasteiger partial charge is 0.315 e. The zero-order chi connectivity index (χ0) is 18.2. The molecule has 0 saturated carbocycles. The van der Waals surface area contributed by atoms with E-state index in [0.29, 0.717) is 18.4 Å². The van der Waals surface area contributed by atoms with E-state index in [2.05, 4.69) is 67.6 Å². The van der Waals surface area contributed by atoms with Crippen molar-refractivity contribution < 1.29 is 4.79 Å². The number of carbonyl (C=O) groups excluding carboxylic acids is 1. The number of hydrogen-bond acceptors (Lipinski definition) is 2. The predicted molar refractivity (Wildman–Crippen MR) is 102 cm³/mol. The third-order valence-electron chi connectivity index (χ3n) is 4.14. The molecule has 1 atom stereocenters. The predicted octanol–water partition coefficient (Wildman–Crippen LogP) is 4.48. The first kappa shape index (κ1) is 19.0. The highest BCUT2D eigenvalue weighted by Gasteiger charge is 2.18. The van der Waals surface area contributed by atoms with Crippen molar-refractivity contribution in [2.24, 2.45) is 11.8 Å². The number of carbonyl (C=O) groups is 1. The van der Waals surface area contributed by atoms with Crippen molar-refractivity contribution >= 4 is 6.03 Å². The van der Waals surface area contributed by atoms with Gasteiger partial charge in [-0.1, -0.05) is 52.0 Å². The van der Waals surface area contributed by atoms with Crippen LogP contribution in [0.15, 0.2) is 48.8 Å². The van der Waals surface area contributed by atoms with Crippen molar-refractivity contribution in [3.8, 4) is 0 Å². The zero-order valence-corrected chi connectivity index (χ0v) is 15.6. The lowest BCUT2D eigenvalue weighted by Gasteiger charge is -2.23. The molecule has 2 aromatic rings. The summed E-state index contributed by atoms with van der Waals surface area (Å²) in [4.78, 5) is 16.3. The minimum Gasteiger partial charge on any atom is -0.334 e. The molecule has 2 amide bonds. The maximum absolute atomic E-state index is 12.3. The van der Waals surface area contributed by atoms with Gasteiger partial charge in [0.2, 0.25) is 0 Å². The Kier molecular flexibility index (Phi) is 6.99. The monoisotopic (exact) mass is 339 g/mol. The maximum atomic E-state index is 12.3. The average molecular weight is 339 g/mol. The van der Waals surface area contributed by atoms with Crippen LogP contribution in [0.2, 0.25) is 0 Å². The van der Waals surface area contributed by atoms with Gasteiger partial charge in [0.1, 0.15) is 0 Å². The van der Waals surface area contributed by atoms with E-state index >= 15 is 0 Å². The molecule has 4 nitrogen and oxygen atoms in total. The normalized spacial score (nSPS) is 12.2. The molecule has 0 radical (unpaired) electrons. The molecule has 1 aromatic carbocycles. The number of aromatic nitrogens is 1. The van der Waals surface area contributed by atoms with Gasteiger partial charge >= 0.3 is 6.03 Å². The lowest BCUT2D eigenvalue weighted by molar-refractivity contribution is 0.232. The van der Waals surface area contributed by atoms with E-state index in [-0.39, 0.29) is 12.1 Å². The van der Waals surface area contributed by atoms with Gasteiger partial charge in [0.05, 0.1) is 6.04 Å². The Hall–Kier alpha value is -2.36. The van der Waals surface area contributed by atoms with Crippen molar-refractivity contribution in [1.29, 1.82) is 0 Å². The van der Waals surface area contributed by atoms with Crippen LogP contribution in [0.5, 0.6) is 0 Å². The Morgan fingerprint density at radius 3 is 2.16 bits per heavy atom. The lowest BCUT2D eigenvalue weighted by Crippen LogP contribution is -2.39. The molecule has 1 aromatic heterocycles. The third kappa shape index (κ3) is 6.22. The topological polar surface area (TPSA) is 54.0 Å². The van der Waals surface area contributed by atoms with Crippen LogP contribution in [-0.2, 0) is 13.0 Å². The highest BCUT2D eigenvalue weighted by molar-refractivity contribution is 5.74. The van der Waals surface area contributed by atoms with Crippen LogP contribution in [-0.4, -0.2) is 11.0 Å². The summed E-state index contributed by atoms with van der Waals surface area (Å²) < 4.78 is 0. The number of hydrogen-bond donors (Lipinski definition) is 2. The van der Waals surface area contributed by atoms with E-state index < -0.39 is 0 Å². The van der Waals surface area contributed by atoms with E-state index in [1.807, 2.05) is 12.1 Å². The van der Waals surface area contributed by atoms with Crippen LogP contribution >= 0.6 is 0 Å². The number of amides is 2. The van der Waals surface area contributed by atoms with Gasteiger partial charge in [0.25, 0.3) is 0 Å². The SMILES string of the molecule is CC(C)Cc1ccc([C@H](NC(=O)NCc2ccncc2)C(C)C)cc1. The number of nitrogens with one attached hydrogen (secondary N) is 2. The first-order chi connectivity index (χ1) is 12.0. The van der Waals surface area contributed by atoms with Crippen molar-refractivity contribution in [2.75, 3.05) is 0 Å². The Morgan fingerprint density at radius 2 is 1.60 bits per heavy atom. The maximum Gasteiger partial charge on any atom is 0.315 e. The van der Waals surface area contributed by atoms with Gasteiger partial charge in [-0.15, -0.1) is 0 Å². The van der Waals surface area contributed by atoms with Crippen LogP contribution in [0.1, 0.15) is 50.4 Å². The minimum atomic E-state index is -0.151. The molecule has 0 saturated heterocycles. The molecular formula is C21H29N3O. The standard InChI is InChI=1S/C21H29N3O/c1-15(2)13-17-5-7-19(8-6-17)20(16(3)4)24-21(25)23-14-18-9-11-22-12-10-18/h5-12,15-16,20H,13-14H2,1-4H3,(H2,23,24,25)/t20-/m1/s1. The van der Waals surface area contributed by atoms with Crippen molar-refractivity contribution in [1.82, 2.24) is 15.6 Å². The van der Waals surface area contributed by atoms with Crippen LogP contribution in [0.25, 0.3) is 0 Å². The summed E-state index contributed by atoms with van der Waals surface area (Å²) in [5, 5.41) is 6.01. The summed E-state index contributed by atoms with van der Waals surface area (Å²) in [5.41, 5.74) is 3.51. The third-order valence-corrected chi connectivity index (χ3v) is 4.14. The van der Waals surface area contributed by atoms with E-state index in [0.717, 1.165) is 17.5 Å². The van der Waals surface area contributed by atoms with Gasteiger partial charge in [-0.25, -0.2) is 4.79 Å². The fourth-order valence-electron chi connectivity index (χ4n) is 2.84. The molecular weight excluding hydrogens is 310 g/mol. The fourth-order valence-corrected chi connectivity index (χ4v) is 2.84. The molecule has 4 heteroatoms. The number of pyridine rings is 1. The van der Waals surface area contributed by atoms with E-state index in [1.165, 1.54) is 5.56 Å². The van der Waals surface area contributed by atoms with Gasteiger partial charge < -0.3 is 10.6 Å². The second kappa shape index (κ2) is 9.21. The summed E-state index contributed by atoms with van der Waals surface area (Å²) in [5.74, 6) is 0.950. The van der Waals surface area contributed by atoms with Gasteiger partial charge in [0.15, 0.2) is 0 Å². The molecule has 0 aliphatic heterocycles. The second-order valence-electron chi connectivity index (χ2n) is 7.24. The van der Waals surface area contributed by atoms with Crippen molar-refractivity contribution in [2.45, 2.75) is 46.7 Å². The molecule has 2 rings (SSSR count).